The van der Waals surface area contributed by atoms with Gasteiger partial charge in [-0.2, -0.15) is 0 Å². The third kappa shape index (κ3) is 5.74. The number of ether oxygens (including phenoxy) is 2. The van der Waals surface area contributed by atoms with Crippen LogP contribution in [-0.2, 0) is 6.42 Å². The SMILES string of the molecule is CCOc1ccc(C(=O)NNC(=O)c2ccc(CC(C)C)cc2)cc1OC. The van der Waals surface area contributed by atoms with E-state index < -0.39 is 5.91 Å². The second-order valence-electron chi connectivity index (χ2n) is 6.50. The summed E-state index contributed by atoms with van der Waals surface area (Å²) in [4.78, 5) is 24.5. The van der Waals surface area contributed by atoms with Crippen LogP contribution in [0.2, 0.25) is 0 Å². The lowest BCUT2D eigenvalue weighted by Crippen LogP contribution is -2.41. The van der Waals surface area contributed by atoms with Crippen LogP contribution >= 0.6 is 0 Å². The van der Waals surface area contributed by atoms with Gasteiger partial charge in [-0.1, -0.05) is 26.0 Å². The topological polar surface area (TPSA) is 76.7 Å². The molecule has 2 aromatic carbocycles. The van der Waals surface area contributed by atoms with E-state index in [1.165, 1.54) is 12.7 Å². The van der Waals surface area contributed by atoms with Gasteiger partial charge in [0.05, 0.1) is 13.7 Å². The first-order chi connectivity index (χ1) is 12.9. The third-order valence-electron chi connectivity index (χ3n) is 3.88. The predicted octanol–water partition coefficient (Wildman–Crippen LogP) is 3.37. The molecule has 2 aromatic rings. The van der Waals surface area contributed by atoms with E-state index in [1.807, 2.05) is 19.1 Å². The van der Waals surface area contributed by atoms with E-state index in [0.717, 1.165) is 6.42 Å². The maximum absolute atomic E-state index is 12.3. The largest absolute Gasteiger partial charge is 0.493 e. The zero-order valence-electron chi connectivity index (χ0n) is 16.2. The summed E-state index contributed by atoms with van der Waals surface area (Å²) in [5.74, 6) is 0.743. The molecule has 6 heteroatoms. The number of hydrogen-bond acceptors (Lipinski definition) is 4. The minimum absolute atomic E-state index is 0.350. The summed E-state index contributed by atoms with van der Waals surface area (Å²) in [5.41, 5.74) is 6.84. The number of methoxy groups -OCH3 is 1. The average molecular weight is 370 g/mol. The summed E-state index contributed by atoms with van der Waals surface area (Å²) >= 11 is 0. The lowest BCUT2D eigenvalue weighted by molar-refractivity contribution is 0.0846. The van der Waals surface area contributed by atoms with Crippen molar-refractivity contribution in [2.75, 3.05) is 13.7 Å². The van der Waals surface area contributed by atoms with Gasteiger partial charge >= 0.3 is 0 Å². The highest BCUT2D eigenvalue weighted by Crippen LogP contribution is 2.27. The number of carbonyl (C=O) groups excluding carboxylic acids is 2. The fraction of sp³-hybridized carbons (Fsp3) is 0.333. The molecule has 0 radical (unpaired) electrons. The van der Waals surface area contributed by atoms with Gasteiger partial charge in [0.25, 0.3) is 11.8 Å². The van der Waals surface area contributed by atoms with Crippen molar-refractivity contribution in [3.05, 3.63) is 59.2 Å². The average Bonchev–Trinajstić information content (AvgIpc) is 2.66. The molecule has 0 aliphatic carbocycles. The van der Waals surface area contributed by atoms with E-state index >= 15 is 0 Å². The molecule has 0 saturated heterocycles. The second-order valence-corrected chi connectivity index (χ2v) is 6.50. The first-order valence-corrected chi connectivity index (χ1v) is 8.95. The number of nitrogens with one attached hydrogen (secondary N) is 2. The van der Waals surface area contributed by atoms with Gasteiger partial charge < -0.3 is 9.47 Å². The number of amides is 2. The van der Waals surface area contributed by atoms with E-state index in [4.69, 9.17) is 9.47 Å². The second kappa shape index (κ2) is 9.62. The smallest absolute Gasteiger partial charge is 0.269 e. The molecular weight excluding hydrogens is 344 g/mol. The summed E-state index contributed by atoms with van der Waals surface area (Å²) in [6.07, 6.45) is 0.957. The molecule has 0 unspecified atom stereocenters. The lowest BCUT2D eigenvalue weighted by Gasteiger charge is -2.12. The normalized spacial score (nSPS) is 10.4. The van der Waals surface area contributed by atoms with Crippen LogP contribution in [0.3, 0.4) is 0 Å². The number of benzene rings is 2. The van der Waals surface area contributed by atoms with Crippen molar-refractivity contribution in [1.29, 1.82) is 0 Å². The zero-order chi connectivity index (χ0) is 19.8. The fourth-order valence-electron chi connectivity index (χ4n) is 2.61. The standard InChI is InChI=1S/C21H26N2O4/c1-5-27-18-11-10-17(13-19(18)26-4)21(25)23-22-20(24)16-8-6-15(7-9-16)12-14(2)3/h6-11,13-14H,5,12H2,1-4H3,(H,22,24)(H,23,25). The summed E-state index contributed by atoms with van der Waals surface area (Å²) in [6.45, 7) is 6.65. The molecule has 0 bridgehead atoms. The highest BCUT2D eigenvalue weighted by molar-refractivity contribution is 5.99. The van der Waals surface area contributed by atoms with Crippen molar-refractivity contribution >= 4 is 11.8 Å². The zero-order valence-corrected chi connectivity index (χ0v) is 16.2. The van der Waals surface area contributed by atoms with Gasteiger partial charge in [-0.25, -0.2) is 0 Å². The molecule has 0 fully saturated rings. The van der Waals surface area contributed by atoms with Crippen LogP contribution in [-0.4, -0.2) is 25.5 Å². The molecule has 6 nitrogen and oxygen atoms in total. The number of hydrazine groups is 1. The number of rotatable bonds is 7. The summed E-state index contributed by atoms with van der Waals surface area (Å²) in [6, 6.07) is 12.2. The Hall–Kier alpha value is -3.02. The van der Waals surface area contributed by atoms with E-state index in [0.29, 0.717) is 35.2 Å². The summed E-state index contributed by atoms with van der Waals surface area (Å²) in [7, 11) is 1.50. The van der Waals surface area contributed by atoms with Gasteiger partial charge in [0.1, 0.15) is 0 Å². The van der Waals surface area contributed by atoms with Crippen LogP contribution in [0.1, 0.15) is 47.1 Å². The summed E-state index contributed by atoms with van der Waals surface area (Å²) in [5, 5.41) is 0. The Bertz CT molecular complexity index is 785. The van der Waals surface area contributed by atoms with E-state index in [9.17, 15) is 9.59 Å². The molecule has 2 amide bonds. The van der Waals surface area contributed by atoms with Gasteiger partial charge in [0, 0.05) is 11.1 Å². The monoisotopic (exact) mass is 370 g/mol. The first kappa shape index (κ1) is 20.3. The molecule has 144 valence electrons. The van der Waals surface area contributed by atoms with Crippen LogP contribution in [0, 0.1) is 5.92 Å². The minimum Gasteiger partial charge on any atom is -0.493 e. The van der Waals surface area contributed by atoms with E-state index in [1.54, 1.807) is 30.3 Å². The number of carbonyl (C=O) groups is 2. The van der Waals surface area contributed by atoms with Crippen molar-refractivity contribution in [2.24, 2.45) is 5.92 Å². The van der Waals surface area contributed by atoms with E-state index in [2.05, 4.69) is 24.7 Å². The molecule has 0 aliphatic heterocycles. The Balaban J connectivity index is 1.97. The first-order valence-electron chi connectivity index (χ1n) is 8.95. The van der Waals surface area contributed by atoms with Crippen molar-refractivity contribution < 1.29 is 19.1 Å². The molecular formula is C21H26N2O4. The lowest BCUT2D eigenvalue weighted by atomic mass is 10.0. The molecule has 0 aliphatic rings. The van der Waals surface area contributed by atoms with Gasteiger partial charge in [-0.05, 0) is 55.2 Å². The Morgan fingerprint density at radius 2 is 1.52 bits per heavy atom. The fourth-order valence-corrected chi connectivity index (χ4v) is 2.61. The van der Waals surface area contributed by atoms with Crippen LogP contribution in [0.4, 0.5) is 0 Å². The maximum atomic E-state index is 12.3. The molecule has 27 heavy (non-hydrogen) atoms. The molecule has 0 heterocycles. The number of hydrogen-bond donors (Lipinski definition) is 2. The molecule has 2 rings (SSSR count). The molecule has 0 saturated carbocycles. The van der Waals surface area contributed by atoms with Crippen molar-refractivity contribution in [3.8, 4) is 11.5 Å². The van der Waals surface area contributed by atoms with Crippen LogP contribution in [0.15, 0.2) is 42.5 Å². The van der Waals surface area contributed by atoms with Gasteiger partial charge in [0.2, 0.25) is 0 Å². The van der Waals surface area contributed by atoms with Crippen LogP contribution in [0.25, 0.3) is 0 Å². The van der Waals surface area contributed by atoms with Gasteiger partial charge in [-0.15, -0.1) is 0 Å². The van der Waals surface area contributed by atoms with Gasteiger partial charge in [-0.3, -0.25) is 20.4 Å². The Labute approximate surface area is 159 Å². The predicted molar refractivity (Wildman–Crippen MR) is 104 cm³/mol. The van der Waals surface area contributed by atoms with Crippen LogP contribution < -0.4 is 20.3 Å². The van der Waals surface area contributed by atoms with Gasteiger partial charge in [0.15, 0.2) is 11.5 Å². The molecule has 2 N–H and O–H groups in total. The Morgan fingerprint density at radius 1 is 0.926 bits per heavy atom. The highest BCUT2D eigenvalue weighted by Gasteiger charge is 2.13. The molecule has 0 atom stereocenters. The quantitative estimate of drug-likeness (QED) is 0.733. The van der Waals surface area contributed by atoms with E-state index in [-0.39, 0.29) is 5.91 Å². The maximum Gasteiger partial charge on any atom is 0.269 e. The van der Waals surface area contributed by atoms with Crippen LogP contribution in [0.5, 0.6) is 11.5 Å². The Morgan fingerprint density at radius 3 is 2.07 bits per heavy atom. The Kier molecular flexibility index (Phi) is 7.23. The minimum atomic E-state index is -0.443. The molecule has 0 aromatic heterocycles. The van der Waals surface area contributed by atoms with Crippen molar-refractivity contribution in [1.82, 2.24) is 10.9 Å². The third-order valence-corrected chi connectivity index (χ3v) is 3.88. The summed E-state index contributed by atoms with van der Waals surface area (Å²) < 4.78 is 10.7. The molecule has 0 spiro atoms. The van der Waals surface area contributed by atoms with Crippen molar-refractivity contribution in [2.45, 2.75) is 27.2 Å². The van der Waals surface area contributed by atoms with Crippen molar-refractivity contribution in [3.63, 3.8) is 0 Å². The highest BCUT2D eigenvalue weighted by atomic mass is 16.5.